The Morgan fingerprint density at radius 2 is 1.37 bits per heavy atom. The minimum absolute atomic E-state index is 0.158. The monoisotopic (exact) mass is 495 g/mol. The van der Waals surface area contributed by atoms with E-state index in [0.29, 0.717) is 5.82 Å². The van der Waals surface area contributed by atoms with Crippen molar-refractivity contribution in [3.8, 4) is 0 Å². The molecule has 202 valence electrons. The van der Waals surface area contributed by atoms with Crippen molar-refractivity contribution in [2.45, 2.75) is 134 Å². The molecule has 4 atom stereocenters. The van der Waals surface area contributed by atoms with E-state index in [9.17, 15) is 20.1 Å². The van der Waals surface area contributed by atoms with E-state index < -0.39 is 30.2 Å². The predicted octanol–water partition coefficient (Wildman–Crippen LogP) is 4.53. The van der Waals surface area contributed by atoms with Gasteiger partial charge in [-0.05, 0) is 12.5 Å². The molecule has 1 saturated heterocycles. The van der Waals surface area contributed by atoms with E-state index in [1.165, 1.54) is 96.1 Å². The van der Waals surface area contributed by atoms with Crippen LogP contribution in [0.2, 0.25) is 0 Å². The van der Waals surface area contributed by atoms with Crippen LogP contribution in [-0.2, 0) is 4.74 Å². The Morgan fingerprint density at radius 3 is 1.89 bits per heavy atom. The van der Waals surface area contributed by atoms with E-state index in [-0.39, 0.29) is 6.61 Å². The van der Waals surface area contributed by atoms with E-state index in [1.807, 2.05) is 0 Å². The third kappa shape index (κ3) is 11.4. The molecule has 1 aromatic rings. The van der Waals surface area contributed by atoms with Crippen molar-refractivity contribution in [2.75, 3.05) is 18.5 Å². The first-order valence-corrected chi connectivity index (χ1v) is 14.0. The molecule has 8 heteroatoms. The Hall–Kier alpha value is -1.48. The van der Waals surface area contributed by atoms with Gasteiger partial charge in [0.25, 0.3) is 0 Å². The number of rotatable bonds is 19. The number of hydrogen-bond donors (Lipinski definition) is 4. The van der Waals surface area contributed by atoms with Crippen LogP contribution in [0.15, 0.2) is 17.1 Å². The number of nitrogens with one attached hydrogen (secondary N) is 1. The molecule has 0 aliphatic carbocycles. The predicted molar refractivity (Wildman–Crippen MR) is 140 cm³/mol. The second-order valence-electron chi connectivity index (χ2n) is 10.0. The van der Waals surface area contributed by atoms with Crippen LogP contribution < -0.4 is 11.0 Å². The van der Waals surface area contributed by atoms with Crippen molar-refractivity contribution in [1.29, 1.82) is 0 Å². The lowest BCUT2D eigenvalue weighted by Crippen LogP contribution is -2.52. The first kappa shape index (κ1) is 29.7. The van der Waals surface area contributed by atoms with Crippen LogP contribution in [0.25, 0.3) is 0 Å². The lowest BCUT2D eigenvalue weighted by molar-refractivity contribution is -0.212. The number of nitrogens with zero attached hydrogens (tertiary/aromatic N) is 2. The first-order valence-electron chi connectivity index (χ1n) is 14.0. The van der Waals surface area contributed by atoms with Crippen LogP contribution in [0.3, 0.4) is 0 Å². The minimum atomic E-state index is -1.40. The third-order valence-electron chi connectivity index (χ3n) is 6.91. The molecule has 0 unspecified atom stereocenters. The van der Waals surface area contributed by atoms with Gasteiger partial charge in [0.05, 0.1) is 6.61 Å². The Bertz CT molecular complexity index is 729. The highest BCUT2D eigenvalue weighted by molar-refractivity contribution is 5.31. The zero-order valence-corrected chi connectivity index (χ0v) is 21.7. The third-order valence-corrected chi connectivity index (χ3v) is 6.91. The van der Waals surface area contributed by atoms with Crippen molar-refractivity contribution >= 4 is 5.82 Å². The smallest absolute Gasteiger partial charge is 0.351 e. The number of aromatic nitrogens is 2. The zero-order chi connectivity index (χ0) is 25.3. The lowest BCUT2D eigenvalue weighted by atomic mass is 10.0. The van der Waals surface area contributed by atoms with Gasteiger partial charge in [-0.2, -0.15) is 4.98 Å². The van der Waals surface area contributed by atoms with Crippen molar-refractivity contribution in [3.63, 3.8) is 0 Å². The van der Waals surface area contributed by atoms with Gasteiger partial charge in [0.2, 0.25) is 0 Å². The van der Waals surface area contributed by atoms with E-state index in [1.54, 1.807) is 6.07 Å². The second-order valence-corrected chi connectivity index (χ2v) is 10.0. The molecule has 0 spiro atoms. The number of ether oxygens (including phenoxy) is 1. The van der Waals surface area contributed by atoms with Gasteiger partial charge >= 0.3 is 5.69 Å². The van der Waals surface area contributed by atoms with Gasteiger partial charge in [-0.1, -0.05) is 103 Å². The molecule has 0 amide bonds. The van der Waals surface area contributed by atoms with E-state index >= 15 is 0 Å². The summed E-state index contributed by atoms with van der Waals surface area (Å²) in [4.78, 5) is 16.3. The molecule has 1 aromatic heterocycles. The SMILES string of the molecule is CCCCCCCCCCCCCCCCCCNc1ccn([C@@H]2OC[C@@H](O)[C@@H](O)[C@@H]2O)c(=O)n1. The number of aliphatic hydroxyl groups excluding tert-OH is 3. The van der Waals surface area contributed by atoms with E-state index in [2.05, 4.69) is 17.2 Å². The summed E-state index contributed by atoms with van der Waals surface area (Å²) in [6.45, 7) is 2.86. The zero-order valence-electron chi connectivity index (χ0n) is 21.7. The highest BCUT2D eigenvalue weighted by atomic mass is 16.5. The maximum atomic E-state index is 12.3. The number of hydrogen-bond acceptors (Lipinski definition) is 7. The molecular formula is C27H49N3O5. The minimum Gasteiger partial charge on any atom is -0.388 e. The Balaban J connectivity index is 1.46. The van der Waals surface area contributed by atoms with Gasteiger partial charge in [-0.3, -0.25) is 4.57 Å². The van der Waals surface area contributed by atoms with Gasteiger partial charge in [0.15, 0.2) is 6.23 Å². The van der Waals surface area contributed by atoms with Crippen molar-refractivity contribution in [3.05, 3.63) is 22.7 Å². The van der Waals surface area contributed by atoms with Crippen molar-refractivity contribution < 1.29 is 20.1 Å². The standard InChI is InChI=1S/C27H49N3O5/c1-2-3-4-5-6-7-8-9-10-11-12-13-14-15-16-17-19-28-23-18-20-30(27(34)29-23)26-25(33)24(32)22(31)21-35-26/h18,20,22,24-26,31-33H,2-17,19,21H2,1H3,(H,28,29,34)/t22-,24-,25+,26-/m1/s1. The molecule has 0 aromatic carbocycles. The molecule has 1 aliphatic rings. The summed E-state index contributed by atoms with van der Waals surface area (Å²) in [5.41, 5.74) is -0.574. The fourth-order valence-electron chi connectivity index (χ4n) is 4.63. The Labute approximate surface area is 211 Å². The summed E-state index contributed by atoms with van der Waals surface area (Å²) in [6, 6.07) is 1.65. The number of aliphatic hydroxyl groups is 3. The summed E-state index contributed by atoms with van der Waals surface area (Å²) in [7, 11) is 0. The van der Waals surface area contributed by atoms with Crippen molar-refractivity contribution in [1.82, 2.24) is 9.55 Å². The molecule has 0 bridgehead atoms. The molecule has 1 fully saturated rings. The molecule has 8 nitrogen and oxygen atoms in total. The van der Waals surface area contributed by atoms with Crippen LogP contribution in [0.4, 0.5) is 5.82 Å². The Kier molecular flexibility index (Phi) is 15.2. The normalized spacial score (nSPS) is 22.4. The first-order chi connectivity index (χ1) is 17.0. The maximum absolute atomic E-state index is 12.3. The summed E-state index contributed by atoms with van der Waals surface area (Å²) < 4.78 is 6.46. The van der Waals surface area contributed by atoms with Crippen LogP contribution in [0.1, 0.15) is 116 Å². The van der Waals surface area contributed by atoms with Gasteiger partial charge in [0, 0.05) is 12.7 Å². The maximum Gasteiger partial charge on any atom is 0.351 e. The highest BCUT2D eigenvalue weighted by Crippen LogP contribution is 2.23. The molecule has 2 heterocycles. The summed E-state index contributed by atoms with van der Waals surface area (Å²) in [6.07, 6.45) is 17.8. The number of anilines is 1. The molecule has 4 N–H and O–H groups in total. The summed E-state index contributed by atoms with van der Waals surface area (Å²) in [5, 5.41) is 32.6. The Morgan fingerprint density at radius 1 is 0.857 bits per heavy atom. The second kappa shape index (κ2) is 17.9. The fourth-order valence-corrected chi connectivity index (χ4v) is 4.63. The molecule has 2 rings (SSSR count). The number of unbranched alkanes of at least 4 members (excludes halogenated alkanes) is 15. The van der Waals surface area contributed by atoms with Gasteiger partial charge < -0.3 is 25.4 Å². The highest BCUT2D eigenvalue weighted by Gasteiger charge is 2.39. The average molecular weight is 496 g/mol. The molecule has 1 aliphatic heterocycles. The quantitative estimate of drug-likeness (QED) is 0.208. The fraction of sp³-hybridized carbons (Fsp3) is 0.852. The molecule has 0 saturated carbocycles. The van der Waals surface area contributed by atoms with E-state index in [0.717, 1.165) is 24.0 Å². The molecule has 35 heavy (non-hydrogen) atoms. The van der Waals surface area contributed by atoms with Crippen LogP contribution in [-0.4, -0.2) is 56.3 Å². The van der Waals surface area contributed by atoms with Crippen LogP contribution >= 0.6 is 0 Å². The van der Waals surface area contributed by atoms with Crippen LogP contribution in [0, 0.1) is 0 Å². The molecular weight excluding hydrogens is 446 g/mol. The topological polar surface area (TPSA) is 117 Å². The van der Waals surface area contributed by atoms with Gasteiger partial charge in [0.1, 0.15) is 24.1 Å². The largest absolute Gasteiger partial charge is 0.388 e. The summed E-state index contributed by atoms with van der Waals surface area (Å²) in [5.74, 6) is 0.484. The van der Waals surface area contributed by atoms with Gasteiger partial charge in [-0.15, -0.1) is 0 Å². The molecule has 0 radical (unpaired) electrons. The van der Waals surface area contributed by atoms with Crippen LogP contribution in [0.5, 0.6) is 0 Å². The van der Waals surface area contributed by atoms with Crippen molar-refractivity contribution in [2.24, 2.45) is 0 Å². The summed E-state index contributed by atoms with van der Waals surface area (Å²) >= 11 is 0. The average Bonchev–Trinajstić information content (AvgIpc) is 2.85. The lowest BCUT2D eigenvalue weighted by Gasteiger charge is -2.35. The van der Waals surface area contributed by atoms with E-state index in [4.69, 9.17) is 4.74 Å². The van der Waals surface area contributed by atoms with Gasteiger partial charge in [-0.25, -0.2) is 4.79 Å².